The molecule has 0 saturated carbocycles. The first-order valence-corrected chi connectivity index (χ1v) is 15.7. The van der Waals surface area contributed by atoms with Crippen LogP contribution in [0.3, 0.4) is 0 Å². The second-order valence-corrected chi connectivity index (χ2v) is 13.3. The van der Waals surface area contributed by atoms with Gasteiger partial charge in [-0.05, 0) is 43.7 Å². The molecule has 0 bridgehead atoms. The second kappa shape index (κ2) is 10.5. The molecule has 214 valence electrons. The van der Waals surface area contributed by atoms with E-state index < -0.39 is 33.1 Å². The Morgan fingerprint density at radius 1 is 1.30 bits per heavy atom. The minimum atomic E-state index is -3.58. The Kier molecular flexibility index (Phi) is 7.34. The normalized spacial score (nSPS) is 21.4. The zero-order valence-electron chi connectivity index (χ0n) is 23.4. The molecule has 12 heteroatoms. The Morgan fingerprint density at radius 2 is 2.05 bits per heavy atom. The van der Waals surface area contributed by atoms with Crippen LogP contribution in [0.15, 0.2) is 36.5 Å². The van der Waals surface area contributed by atoms with E-state index in [0.717, 1.165) is 42.7 Å². The van der Waals surface area contributed by atoms with Crippen molar-refractivity contribution in [1.29, 1.82) is 0 Å². The molecule has 3 N–H and O–H groups in total. The van der Waals surface area contributed by atoms with E-state index in [9.17, 15) is 18.0 Å². The third-order valence-corrected chi connectivity index (χ3v) is 8.81. The lowest BCUT2D eigenvalue weighted by Gasteiger charge is -2.37. The Morgan fingerprint density at radius 3 is 2.73 bits per heavy atom. The molecule has 2 aromatic heterocycles. The Balaban J connectivity index is 1.48. The van der Waals surface area contributed by atoms with Gasteiger partial charge in [0.2, 0.25) is 5.91 Å². The molecule has 40 heavy (non-hydrogen) atoms. The molecule has 11 nitrogen and oxygen atoms in total. The molecule has 0 spiro atoms. The van der Waals surface area contributed by atoms with Gasteiger partial charge in [-0.3, -0.25) is 9.59 Å². The molecule has 3 atom stereocenters. The maximum atomic E-state index is 14.3. The van der Waals surface area contributed by atoms with E-state index in [4.69, 9.17) is 15.8 Å². The maximum absolute atomic E-state index is 14.3. The molecule has 3 heterocycles. The largest absolute Gasteiger partial charge is 0.355 e. The van der Waals surface area contributed by atoms with Gasteiger partial charge >= 0.3 is 0 Å². The van der Waals surface area contributed by atoms with Gasteiger partial charge in [0.15, 0.2) is 15.5 Å². The van der Waals surface area contributed by atoms with Crippen molar-refractivity contribution in [1.82, 2.24) is 24.8 Å². The average molecular weight is 568 g/mol. The van der Waals surface area contributed by atoms with Crippen molar-refractivity contribution in [3.05, 3.63) is 58.9 Å². The highest BCUT2D eigenvalue weighted by Crippen LogP contribution is 2.40. The van der Waals surface area contributed by atoms with Gasteiger partial charge in [0.05, 0.1) is 11.7 Å². The van der Waals surface area contributed by atoms with Crippen LogP contribution in [0.2, 0.25) is 0 Å². The van der Waals surface area contributed by atoms with Crippen molar-refractivity contribution in [2.75, 3.05) is 37.0 Å². The minimum absolute atomic E-state index is 0.132. The molecular formula is C28H37N7O4S. The summed E-state index contributed by atoms with van der Waals surface area (Å²) in [7, 11) is -1.87. The number of benzene rings is 1. The number of rotatable bonds is 8. The second-order valence-electron chi connectivity index (χ2n) is 11.1. The summed E-state index contributed by atoms with van der Waals surface area (Å²) in [6, 6.07) is 9.13. The first-order valence-electron chi connectivity index (χ1n) is 13.6. The molecular weight excluding hydrogens is 530 g/mol. The Labute approximate surface area is 234 Å². The highest BCUT2D eigenvalue weighted by atomic mass is 32.2. The van der Waals surface area contributed by atoms with Gasteiger partial charge in [0.1, 0.15) is 17.1 Å². The van der Waals surface area contributed by atoms with Crippen LogP contribution in [-0.2, 0) is 31.4 Å². The zero-order valence-corrected chi connectivity index (χ0v) is 24.2. The van der Waals surface area contributed by atoms with Gasteiger partial charge in [-0.25, -0.2) is 17.9 Å². The van der Waals surface area contributed by atoms with E-state index >= 15 is 0 Å². The van der Waals surface area contributed by atoms with E-state index in [1.54, 1.807) is 16.5 Å². The molecule has 1 saturated heterocycles. The molecule has 2 amide bonds. The first kappa shape index (κ1) is 28.0. The lowest BCUT2D eigenvalue weighted by Crippen LogP contribution is -2.57. The Hall–Kier alpha value is -3.51. The number of aryl methyl sites for hydroxylation is 2. The fourth-order valence-electron chi connectivity index (χ4n) is 6.14. The summed E-state index contributed by atoms with van der Waals surface area (Å²) in [5.74, 6) is -0.804. The van der Waals surface area contributed by atoms with Gasteiger partial charge in [0, 0.05) is 50.3 Å². The number of likely N-dealkylation sites (N-methyl/N-ethyl adjacent to an activating group) is 1. The smallest absolute Gasteiger partial charge is 0.253 e. The molecule has 1 aliphatic carbocycles. The van der Waals surface area contributed by atoms with Crippen molar-refractivity contribution in [3.8, 4) is 0 Å². The number of aromatic nitrogens is 3. The zero-order chi connectivity index (χ0) is 28.8. The number of nitrogens with two attached hydrogens (primary N) is 1. The lowest BCUT2D eigenvalue weighted by molar-refractivity contribution is -0.143. The van der Waals surface area contributed by atoms with Gasteiger partial charge in [0.25, 0.3) is 5.91 Å². The monoisotopic (exact) mass is 567 g/mol. The first-order chi connectivity index (χ1) is 18.9. The number of hydrogen-bond acceptors (Lipinski definition) is 8. The van der Waals surface area contributed by atoms with Gasteiger partial charge < -0.3 is 20.9 Å². The molecule has 1 aliphatic heterocycles. The molecule has 2 aliphatic rings. The topological polar surface area (TPSA) is 143 Å². The SMILES string of the molecule is CC[C@@H](c1cc2nc(N3CC[C@H](N)C3)c(C)cn2n1)N(C)C(=O)C1(NC(=O)CS(C)(=O)=O)CCc2ccccc21. The third-order valence-electron chi connectivity index (χ3n) is 8.02. The van der Waals surface area contributed by atoms with E-state index in [-0.39, 0.29) is 11.9 Å². The fraction of sp³-hybridized carbons (Fsp3) is 0.500. The highest BCUT2D eigenvalue weighted by Gasteiger charge is 2.49. The fourth-order valence-corrected chi connectivity index (χ4v) is 6.68. The molecule has 3 aromatic rings. The molecule has 1 fully saturated rings. The molecule has 1 aromatic carbocycles. The lowest BCUT2D eigenvalue weighted by atomic mass is 9.89. The van der Waals surface area contributed by atoms with Gasteiger partial charge in [-0.1, -0.05) is 31.2 Å². The van der Waals surface area contributed by atoms with Crippen LogP contribution < -0.4 is 16.0 Å². The highest BCUT2D eigenvalue weighted by molar-refractivity contribution is 7.91. The number of nitrogens with one attached hydrogen (secondary N) is 1. The summed E-state index contributed by atoms with van der Waals surface area (Å²) in [5.41, 5.74) is 8.76. The number of hydrogen-bond donors (Lipinski definition) is 2. The summed E-state index contributed by atoms with van der Waals surface area (Å²) in [6.45, 7) is 5.59. The van der Waals surface area contributed by atoms with Gasteiger partial charge in [-0.2, -0.15) is 5.10 Å². The van der Waals surface area contributed by atoms with E-state index in [0.29, 0.717) is 36.2 Å². The maximum Gasteiger partial charge on any atom is 0.253 e. The predicted octanol–water partition coefficient (Wildman–Crippen LogP) is 1.49. The molecule has 5 rings (SSSR count). The van der Waals surface area contributed by atoms with E-state index in [1.165, 1.54) is 0 Å². The number of amides is 2. The van der Waals surface area contributed by atoms with Crippen molar-refractivity contribution in [3.63, 3.8) is 0 Å². The van der Waals surface area contributed by atoms with Crippen LogP contribution in [0.5, 0.6) is 0 Å². The number of fused-ring (bicyclic) bond motifs is 2. The minimum Gasteiger partial charge on any atom is -0.355 e. The quantitative estimate of drug-likeness (QED) is 0.417. The van der Waals surface area contributed by atoms with E-state index in [1.807, 2.05) is 50.4 Å². The van der Waals surface area contributed by atoms with Crippen molar-refractivity contribution in [2.24, 2.45) is 5.73 Å². The number of anilines is 1. The van der Waals surface area contributed by atoms with Crippen LogP contribution >= 0.6 is 0 Å². The van der Waals surface area contributed by atoms with Crippen molar-refractivity contribution in [2.45, 2.75) is 57.2 Å². The number of nitrogens with zero attached hydrogens (tertiary/aromatic N) is 5. The van der Waals surface area contributed by atoms with E-state index in [2.05, 4.69) is 10.2 Å². The van der Waals surface area contributed by atoms with Crippen molar-refractivity contribution >= 4 is 33.1 Å². The van der Waals surface area contributed by atoms with Crippen LogP contribution in [-0.4, -0.2) is 77.9 Å². The predicted molar refractivity (Wildman–Crippen MR) is 153 cm³/mol. The number of carbonyl (C=O) groups is 2. The summed E-state index contributed by atoms with van der Waals surface area (Å²) < 4.78 is 25.5. The van der Waals surface area contributed by atoms with Crippen molar-refractivity contribution < 1.29 is 18.0 Å². The van der Waals surface area contributed by atoms with Gasteiger partial charge in [-0.15, -0.1) is 0 Å². The number of carbonyl (C=O) groups excluding carboxylic acids is 2. The molecule has 0 radical (unpaired) electrons. The third kappa shape index (κ3) is 5.17. The summed E-state index contributed by atoms with van der Waals surface area (Å²) in [6.07, 6.45) is 5.38. The van der Waals surface area contributed by atoms with Crippen LogP contribution in [0.1, 0.15) is 54.6 Å². The van der Waals surface area contributed by atoms with Crippen LogP contribution in [0.25, 0.3) is 5.65 Å². The standard InChI is InChI=1S/C28H37N7O4S/c1-5-23(22-14-24-30-26(18(2)15-35(24)32-22)34-13-11-20(29)16-34)33(3)27(37)28(31-25(36)17-40(4,38)39)12-10-19-8-6-7-9-21(19)28/h6-9,14-15,20,23H,5,10-13,16-17,29H2,1-4H3,(H,31,36)/t20-,23-,28?/m0/s1. The average Bonchev–Trinajstić information content (AvgIpc) is 3.60. The van der Waals surface area contributed by atoms with Crippen LogP contribution in [0.4, 0.5) is 5.82 Å². The van der Waals surface area contributed by atoms with Crippen LogP contribution in [0, 0.1) is 6.92 Å². The number of sulfone groups is 1. The summed E-state index contributed by atoms with van der Waals surface area (Å²) >= 11 is 0. The summed E-state index contributed by atoms with van der Waals surface area (Å²) in [4.78, 5) is 35.9. The summed E-state index contributed by atoms with van der Waals surface area (Å²) in [5, 5.41) is 7.61. The Bertz CT molecular complexity index is 1570. The molecule has 1 unspecified atom stereocenters.